The minimum absolute atomic E-state index is 0.149. The number of hydrogen-bond acceptors (Lipinski definition) is 4. The van der Waals surface area contributed by atoms with Crippen LogP contribution >= 0.6 is 0 Å². The van der Waals surface area contributed by atoms with Gasteiger partial charge < -0.3 is 9.47 Å². The Kier molecular flexibility index (Phi) is 3.95. The average Bonchev–Trinajstić information content (AvgIpc) is 2.91. The van der Waals surface area contributed by atoms with Crippen molar-refractivity contribution in [2.24, 2.45) is 5.92 Å². The largest absolute Gasteiger partial charge is 0.434 e. The zero-order chi connectivity index (χ0) is 16.6. The van der Waals surface area contributed by atoms with Gasteiger partial charge in [-0.15, -0.1) is 0 Å². The molecule has 5 nitrogen and oxygen atoms in total. The minimum Gasteiger partial charge on any atom is -0.344 e. The highest BCUT2D eigenvalue weighted by molar-refractivity contribution is 5.27. The van der Waals surface area contributed by atoms with Gasteiger partial charge in [0.1, 0.15) is 5.82 Å². The smallest absolute Gasteiger partial charge is 0.344 e. The fraction of sp³-hybridized carbons (Fsp3) is 0.500. The van der Waals surface area contributed by atoms with Crippen molar-refractivity contribution in [3.63, 3.8) is 0 Å². The summed E-state index contributed by atoms with van der Waals surface area (Å²) in [7, 11) is 1.78. The molecule has 1 aliphatic rings. The van der Waals surface area contributed by atoms with Crippen molar-refractivity contribution >= 4 is 5.95 Å². The van der Waals surface area contributed by atoms with Crippen LogP contribution in [0, 0.1) is 11.7 Å². The highest BCUT2D eigenvalue weighted by Crippen LogP contribution is 2.30. The first kappa shape index (κ1) is 15.7. The number of imidazole rings is 1. The van der Waals surface area contributed by atoms with E-state index in [2.05, 4.69) is 15.0 Å². The first-order chi connectivity index (χ1) is 10.8. The lowest BCUT2D eigenvalue weighted by molar-refractivity contribution is -0.141. The number of aromatic nitrogens is 4. The van der Waals surface area contributed by atoms with Crippen LogP contribution in [0.15, 0.2) is 18.6 Å². The molecule has 0 saturated heterocycles. The maximum Gasteiger partial charge on any atom is 0.434 e. The molecule has 23 heavy (non-hydrogen) atoms. The first-order valence-corrected chi connectivity index (χ1v) is 7.15. The van der Waals surface area contributed by atoms with Crippen molar-refractivity contribution in [1.29, 1.82) is 0 Å². The number of alkyl halides is 3. The van der Waals surface area contributed by atoms with Crippen LogP contribution in [0.5, 0.6) is 0 Å². The van der Waals surface area contributed by atoms with E-state index in [1.54, 1.807) is 16.5 Å². The van der Waals surface area contributed by atoms with Gasteiger partial charge in [0.2, 0.25) is 5.95 Å². The zero-order valence-corrected chi connectivity index (χ0v) is 12.4. The zero-order valence-electron chi connectivity index (χ0n) is 12.4. The van der Waals surface area contributed by atoms with Crippen LogP contribution in [0.2, 0.25) is 0 Å². The third-order valence-corrected chi connectivity index (χ3v) is 3.86. The van der Waals surface area contributed by atoms with Crippen LogP contribution in [0.3, 0.4) is 0 Å². The molecule has 0 N–H and O–H groups in total. The van der Waals surface area contributed by atoms with Crippen LogP contribution in [0.4, 0.5) is 23.5 Å². The molecular weight excluding hydrogens is 314 g/mol. The Morgan fingerprint density at radius 2 is 2.00 bits per heavy atom. The molecule has 0 amide bonds. The predicted octanol–water partition coefficient (Wildman–Crippen LogP) is 2.53. The van der Waals surface area contributed by atoms with Gasteiger partial charge in [-0.3, -0.25) is 0 Å². The molecule has 1 aliphatic heterocycles. The summed E-state index contributed by atoms with van der Waals surface area (Å²) < 4.78 is 52.5. The van der Waals surface area contributed by atoms with Crippen LogP contribution in [0.1, 0.15) is 17.9 Å². The summed E-state index contributed by atoms with van der Waals surface area (Å²) in [6.45, 7) is 1.04. The Morgan fingerprint density at radius 3 is 2.65 bits per heavy atom. The molecule has 0 aromatic carbocycles. The van der Waals surface area contributed by atoms with Gasteiger partial charge >= 0.3 is 6.18 Å². The molecule has 0 radical (unpaired) electrons. The third-order valence-electron chi connectivity index (χ3n) is 3.86. The van der Waals surface area contributed by atoms with E-state index < -0.39 is 17.7 Å². The molecule has 0 aliphatic carbocycles. The SMILES string of the molecule is CN(C[C@@H]1CCc2nc(C(F)(F)F)cn2C1)c1ncc(F)cn1. The van der Waals surface area contributed by atoms with Crippen molar-refractivity contribution < 1.29 is 17.6 Å². The van der Waals surface area contributed by atoms with Gasteiger partial charge in [0.05, 0.1) is 12.4 Å². The topological polar surface area (TPSA) is 46.8 Å². The molecule has 3 heterocycles. The van der Waals surface area contributed by atoms with Gasteiger partial charge in [-0.1, -0.05) is 0 Å². The molecule has 0 fully saturated rings. The maximum atomic E-state index is 12.8. The van der Waals surface area contributed by atoms with Crippen molar-refractivity contribution in [2.75, 3.05) is 18.5 Å². The second kappa shape index (κ2) is 5.78. The Labute approximate surface area is 130 Å². The molecule has 1 atom stereocenters. The third kappa shape index (κ3) is 3.43. The van der Waals surface area contributed by atoms with E-state index in [-0.39, 0.29) is 5.92 Å². The number of fused-ring (bicyclic) bond motifs is 1. The van der Waals surface area contributed by atoms with E-state index in [4.69, 9.17) is 0 Å². The van der Waals surface area contributed by atoms with E-state index in [1.165, 1.54) is 0 Å². The average molecular weight is 329 g/mol. The summed E-state index contributed by atoms with van der Waals surface area (Å²) in [6, 6.07) is 0. The highest BCUT2D eigenvalue weighted by atomic mass is 19.4. The van der Waals surface area contributed by atoms with E-state index >= 15 is 0 Å². The minimum atomic E-state index is -4.42. The van der Waals surface area contributed by atoms with E-state index in [0.717, 1.165) is 25.0 Å². The molecule has 0 spiro atoms. The van der Waals surface area contributed by atoms with E-state index in [1.807, 2.05) is 0 Å². The van der Waals surface area contributed by atoms with Crippen LogP contribution in [-0.2, 0) is 19.1 Å². The summed E-state index contributed by atoms with van der Waals surface area (Å²) in [6.07, 6.45) is 0.0553. The quantitative estimate of drug-likeness (QED) is 0.812. The summed E-state index contributed by atoms with van der Waals surface area (Å²) in [4.78, 5) is 13.2. The summed E-state index contributed by atoms with van der Waals surface area (Å²) in [5.74, 6) is 0.493. The Balaban J connectivity index is 1.67. The van der Waals surface area contributed by atoms with E-state index in [9.17, 15) is 17.6 Å². The number of anilines is 1. The van der Waals surface area contributed by atoms with Gasteiger partial charge in [0, 0.05) is 32.8 Å². The normalized spacial score (nSPS) is 17.9. The van der Waals surface area contributed by atoms with Crippen LogP contribution in [0.25, 0.3) is 0 Å². The van der Waals surface area contributed by atoms with Crippen LogP contribution in [-0.4, -0.2) is 33.1 Å². The predicted molar refractivity (Wildman–Crippen MR) is 74.3 cm³/mol. The molecule has 0 bridgehead atoms. The molecule has 0 saturated carbocycles. The fourth-order valence-corrected chi connectivity index (χ4v) is 2.77. The lowest BCUT2D eigenvalue weighted by Crippen LogP contribution is -2.32. The van der Waals surface area contributed by atoms with Crippen molar-refractivity contribution in [3.05, 3.63) is 35.9 Å². The Hall–Kier alpha value is -2.19. The number of hydrogen-bond donors (Lipinski definition) is 0. The van der Waals surface area contributed by atoms with Gasteiger partial charge in [0.25, 0.3) is 0 Å². The second-order valence-corrected chi connectivity index (χ2v) is 5.68. The molecule has 124 valence electrons. The lowest BCUT2D eigenvalue weighted by Gasteiger charge is -2.28. The summed E-state index contributed by atoms with van der Waals surface area (Å²) in [5, 5.41) is 0. The summed E-state index contributed by atoms with van der Waals surface area (Å²) in [5.41, 5.74) is -0.844. The molecule has 0 unspecified atom stereocenters. The van der Waals surface area contributed by atoms with Crippen molar-refractivity contribution in [1.82, 2.24) is 19.5 Å². The first-order valence-electron chi connectivity index (χ1n) is 7.15. The molecular formula is C14H15F4N5. The number of aryl methyl sites for hydroxylation is 1. The molecule has 2 aromatic heterocycles. The Morgan fingerprint density at radius 1 is 1.30 bits per heavy atom. The molecule has 3 rings (SSSR count). The standard InChI is InChI=1S/C14H15F4N5/c1-22(13-19-4-10(15)5-20-13)6-9-2-3-12-21-11(14(16,17)18)8-23(12)7-9/h4-5,8-9H,2-3,6-7H2,1H3/t9-/m0/s1. The molecule has 2 aromatic rings. The van der Waals surface area contributed by atoms with Crippen molar-refractivity contribution in [2.45, 2.75) is 25.6 Å². The van der Waals surface area contributed by atoms with Crippen molar-refractivity contribution in [3.8, 4) is 0 Å². The second-order valence-electron chi connectivity index (χ2n) is 5.68. The number of nitrogens with zero attached hydrogens (tertiary/aromatic N) is 5. The van der Waals surface area contributed by atoms with Crippen LogP contribution < -0.4 is 4.90 Å². The number of halogens is 4. The van der Waals surface area contributed by atoms with Gasteiger partial charge in [-0.2, -0.15) is 13.2 Å². The van der Waals surface area contributed by atoms with Gasteiger partial charge in [-0.25, -0.2) is 19.3 Å². The molecule has 9 heteroatoms. The maximum absolute atomic E-state index is 12.8. The summed E-state index contributed by atoms with van der Waals surface area (Å²) >= 11 is 0. The lowest BCUT2D eigenvalue weighted by atomic mass is 9.99. The highest BCUT2D eigenvalue weighted by Gasteiger charge is 2.35. The number of rotatable bonds is 3. The Bertz CT molecular complexity index is 679. The van der Waals surface area contributed by atoms with Gasteiger partial charge in [-0.05, 0) is 12.3 Å². The fourth-order valence-electron chi connectivity index (χ4n) is 2.77. The monoisotopic (exact) mass is 329 g/mol. The van der Waals surface area contributed by atoms with E-state index in [0.29, 0.717) is 31.3 Å². The van der Waals surface area contributed by atoms with Gasteiger partial charge in [0.15, 0.2) is 11.5 Å².